The number of hydrogen-bond donors (Lipinski definition) is 1. The van der Waals surface area contributed by atoms with Crippen molar-refractivity contribution in [1.82, 2.24) is 15.4 Å². The molecule has 1 aromatic heterocycles. The second kappa shape index (κ2) is 4.17. The molecule has 1 heterocycles. The Balaban J connectivity index is 0. The first-order valence-corrected chi connectivity index (χ1v) is 3.06. The number of aromatic nitrogens is 3. The van der Waals surface area contributed by atoms with E-state index in [1.54, 1.807) is 0 Å². The SMILES string of the molecule is N#Cc1n[nH]nc1C(F)(F)C(F)(F)F.[H-].[Li+]. The molecular weight excluding hydrogens is 218 g/mol. The Bertz CT molecular complexity index is 383. The van der Waals surface area contributed by atoms with Gasteiger partial charge in [-0.1, -0.05) is 0 Å². The summed E-state index contributed by atoms with van der Waals surface area (Å²) in [5, 5.41) is 15.1. The van der Waals surface area contributed by atoms with Crippen LogP contribution in [-0.2, 0) is 5.92 Å². The zero-order valence-electron chi connectivity index (χ0n) is 8.23. The van der Waals surface area contributed by atoms with Crippen LogP contribution in [0.15, 0.2) is 0 Å². The van der Waals surface area contributed by atoms with Gasteiger partial charge in [-0.3, -0.25) is 0 Å². The second-order valence-corrected chi connectivity index (χ2v) is 2.20. The average Bonchev–Trinajstić information content (AvgIpc) is 2.49. The van der Waals surface area contributed by atoms with E-state index >= 15 is 0 Å². The maximum absolute atomic E-state index is 12.5. The first kappa shape index (κ1) is 13.9. The van der Waals surface area contributed by atoms with Crippen molar-refractivity contribution < 1.29 is 42.2 Å². The van der Waals surface area contributed by atoms with Crippen molar-refractivity contribution in [3.8, 4) is 6.07 Å². The minimum atomic E-state index is -5.80. The normalized spacial score (nSPS) is 11.7. The summed E-state index contributed by atoms with van der Waals surface area (Å²) in [4.78, 5) is 0. The van der Waals surface area contributed by atoms with E-state index in [1.165, 1.54) is 5.21 Å². The summed E-state index contributed by atoms with van der Waals surface area (Å²) in [7, 11) is 0. The number of nitrogens with zero attached hydrogens (tertiary/aromatic N) is 3. The molecule has 1 rings (SSSR count). The summed E-state index contributed by atoms with van der Waals surface area (Å²) in [5.74, 6) is -5.18. The molecule has 0 aliphatic rings. The van der Waals surface area contributed by atoms with Gasteiger partial charge in [-0.05, 0) is 0 Å². The van der Waals surface area contributed by atoms with E-state index in [2.05, 4.69) is 10.2 Å². The van der Waals surface area contributed by atoms with Gasteiger partial charge in [0.25, 0.3) is 0 Å². The minimum absolute atomic E-state index is 0. The number of aromatic amines is 1. The fourth-order valence-corrected chi connectivity index (χ4v) is 0.662. The molecule has 0 saturated heterocycles. The molecule has 0 saturated carbocycles. The van der Waals surface area contributed by atoms with Gasteiger partial charge in [0.2, 0.25) is 0 Å². The predicted molar refractivity (Wildman–Crippen MR) is 32.2 cm³/mol. The van der Waals surface area contributed by atoms with E-state index < -0.39 is 23.5 Å². The van der Waals surface area contributed by atoms with E-state index in [0.29, 0.717) is 0 Å². The fourth-order valence-electron chi connectivity index (χ4n) is 0.662. The van der Waals surface area contributed by atoms with Gasteiger partial charge in [0, 0.05) is 0 Å². The zero-order chi connectivity index (χ0) is 11.0. The number of halogens is 5. The van der Waals surface area contributed by atoms with E-state index in [0.717, 1.165) is 6.07 Å². The Morgan fingerprint density at radius 1 is 1.20 bits per heavy atom. The fraction of sp³-hybridized carbons (Fsp3) is 0.400. The molecule has 0 spiro atoms. The number of nitriles is 1. The molecule has 0 fully saturated rings. The quantitative estimate of drug-likeness (QED) is 0.460. The summed E-state index contributed by atoms with van der Waals surface area (Å²) in [5.41, 5.74) is -2.79. The van der Waals surface area contributed by atoms with Gasteiger partial charge in [0.1, 0.15) is 6.07 Å². The van der Waals surface area contributed by atoms with Crippen LogP contribution in [0.5, 0.6) is 0 Å². The molecule has 15 heavy (non-hydrogen) atoms. The van der Waals surface area contributed by atoms with E-state index in [9.17, 15) is 22.0 Å². The summed E-state index contributed by atoms with van der Waals surface area (Å²) in [6.45, 7) is 0. The number of nitrogens with one attached hydrogen (secondary N) is 1. The first-order chi connectivity index (χ1) is 6.30. The molecule has 4 nitrogen and oxygen atoms in total. The van der Waals surface area contributed by atoms with Crippen LogP contribution < -0.4 is 18.9 Å². The van der Waals surface area contributed by atoms with Crippen LogP contribution in [0.1, 0.15) is 12.8 Å². The van der Waals surface area contributed by atoms with Crippen LogP contribution in [-0.4, -0.2) is 21.6 Å². The van der Waals surface area contributed by atoms with Crippen LogP contribution in [0.25, 0.3) is 0 Å². The van der Waals surface area contributed by atoms with Gasteiger partial charge in [0.15, 0.2) is 11.4 Å². The first-order valence-electron chi connectivity index (χ1n) is 3.06. The molecule has 1 N–H and O–H groups in total. The Hall–Kier alpha value is -1.12. The Morgan fingerprint density at radius 2 is 1.73 bits per heavy atom. The number of H-pyrrole nitrogens is 1. The topological polar surface area (TPSA) is 65.4 Å². The number of hydrogen-bond acceptors (Lipinski definition) is 3. The van der Waals surface area contributed by atoms with Gasteiger partial charge in [-0.2, -0.15) is 37.5 Å². The summed E-state index contributed by atoms with van der Waals surface area (Å²) >= 11 is 0. The molecule has 0 amide bonds. The van der Waals surface area contributed by atoms with Gasteiger partial charge >= 0.3 is 31.0 Å². The summed E-state index contributed by atoms with van der Waals surface area (Å²) in [6, 6.07) is 1.07. The summed E-state index contributed by atoms with van der Waals surface area (Å²) < 4.78 is 60.4. The largest absolute Gasteiger partial charge is 1.00 e. The monoisotopic (exact) mass is 220 g/mol. The Labute approximate surface area is 93.1 Å². The number of alkyl halides is 5. The van der Waals surface area contributed by atoms with Gasteiger partial charge < -0.3 is 1.43 Å². The second-order valence-electron chi connectivity index (χ2n) is 2.20. The van der Waals surface area contributed by atoms with Crippen molar-refractivity contribution in [1.29, 1.82) is 5.26 Å². The van der Waals surface area contributed by atoms with E-state index in [1.807, 2.05) is 0 Å². The maximum Gasteiger partial charge on any atom is 1.00 e. The molecule has 0 aliphatic heterocycles. The molecule has 78 valence electrons. The van der Waals surface area contributed by atoms with Gasteiger partial charge in [-0.15, -0.1) is 5.10 Å². The molecular formula is C5H2F5LiN4. The average molecular weight is 220 g/mol. The standard InChI is InChI=1S/C5HF5N4.Li.H/c6-4(7,5(8,9)10)3-2(1-11)12-14-13-3;;/h(H,12,13,14);;/q;+1;-1. The smallest absolute Gasteiger partial charge is 1.00 e. The Kier molecular flexibility index (Phi) is 3.86. The maximum atomic E-state index is 12.5. The number of rotatable bonds is 1. The van der Waals surface area contributed by atoms with Crippen molar-refractivity contribution in [2.75, 3.05) is 0 Å². The van der Waals surface area contributed by atoms with E-state index in [4.69, 9.17) is 5.26 Å². The van der Waals surface area contributed by atoms with Gasteiger partial charge in [-0.25, -0.2) is 0 Å². The summed E-state index contributed by atoms with van der Waals surface area (Å²) in [6.07, 6.45) is -5.80. The van der Waals surface area contributed by atoms with Crippen LogP contribution in [0.2, 0.25) is 0 Å². The van der Waals surface area contributed by atoms with Crippen molar-refractivity contribution in [3.63, 3.8) is 0 Å². The molecule has 0 atom stereocenters. The predicted octanol–water partition coefficient (Wildman–Crippen LogP) is -1.55. The molecule has 0 bridgehead atoms. The molecule has 1 aromatic rings. The van der Waals surface area contributed by atoms with E-state index in [-0.39, 0.29) is 20.3 Å². The van der Waals surface area contributed by atoms with Crippen LogP contribution >= 0.6 is 0 Å². The zero-order valence-corrected chi connectivity index (χ0v) is 7.23. The van der Waals surface area contributed by atoms with Crippen molar-refractivity contribution >= 4 is 0 Å². The molecule has 0 unspecified atom stereocenters. The third kappa shape index (κ3) is 2.28. The molecule has 0 radical (unpaired) electrons. The third-order valence-electron chi connectivity index (χ3n) is 1.31. The van der Waals surface area contributed by atoms with Gasteiger partial charge in [0.05, 0.1) is 0 Å². The van der Waals surface area contributed by atoms with Crippen LogP contribution in [0, 0.1) is 11.3 Å². The van der Waals surface area contributed by atoms with Crippen molar-refractivity contribution in [3.05, 3.63) is 11.4 Å². The van der Waals surface area contributed by atoms with Crippen molar-refractivity contribution in [2.45, 2.75) is 12.1 Å². The third-order valence-corrected chi connectivity index (χ3v) is 1.31. The molecule has 0 aliphatic carbocycles. The Morgan fingerprint density at radius 3 is 2.13 bits per heavy atom. The van der Waals surface area contributed by atoms with Crippen LogP contribution in [0.4, 0.5) is 22.0 Å². The molecule has 10 heteroatoms. The molecule has 0 aromatic carbocycles. The van der Waals surface area contributed by atoms with Crippen molar-refractivity contribution in [2.24, 2.45) is 0 Å². The van der Waals surface area contributed by atoms with Crippen LogP contribution in [0.3, 0.4) is 0 Å². The minimum Gasteiger partial charge on any atom is -1.00 e.